The molecule has 0 spiro atoms. The van der Waals surface area contributed by atoms with Crippen molar-refractivity contribution in [2.75, 3.05) is 6.54 Å². The molecule has 0 aliphatic carbocycles. The van der Waals surface area contributed by atoms with Crippen LogP contribution in [0.25, 0.3) is 11.3 Å². The maximum absolute atomic E-state index is 13.8. The number of amides is 1. The molecule has 6 heteroatoms. The lowest BCUT2D eigenvalue weighted by Gasteiger charge is -2.20. The molecule has 0 aliphatic heterocycles. The van der Waals surface area contributed by atoms with Crippen LogP contribution in [0.5, 0.6) is 0 Å². The molecule has 2 aromatic heterocycles. The van der Waals surface area contributed by atoms with E-state index in [2.05, 4.69) is 5.32 Å². The van der Waals surface area contributed by atoms with Gasteiger partial charge in [-0.2, -0.15) is 0 Å². The van der Waals surface area contributed by atoms with Gasteiger partial charge in [0, 0.05) is 0 Å². The van der Waals surface area contributed by atoms with Crippen molar-refractivity contribution in [2.45, 2.75) is 19.4 Å². The average molecular weight is 343 g/mol. The Kier molecular flexibility index (Phi) is 4.46. The zero-order valence-electron chi connectivity index (χ0n) is 13.9. The summed E-state index contributed by atoms with van der Waals surface area (Å²) in [5.74, 6) is 0.381. The van der Waals surface area contributed by atoms with Gasteiger partial charge < -0.3 is 19.3 Å². The predicted octanol–water partition coefficient (Wildman–Crippen LogP) is 3.62. The van der Waals surface area contributed by atoms with Crippen molar-refractivity contribution in [1.82, 2.24) is 5.32 Å². The monoisotopic (exact) mass is 343 g/mol. The Balaban J connectivity index is 1.69. The van der Waals surface area contributed by atoms with Gasteiger partial charge in [0.1, 0.15) is 28.7 Å². The Morgan fingerprint density at radius 3 is 2.60 bits per heavy atom. The van der Waals surface area contributed by atoms with Crippen molar-refractivity contribution in [2.24, 2.45) is 0 Å². The Morgan fingerprint density at radius 1 is 1.16 bits per heavy atom. The van der Waals surface area contributed by atoms with Gasteiger partial charge in [0.25, 0.3) is 5.91 Å². The van der Waals surface area contributed by atoms with Crippen LogP contribution < -0.4 is 5.32 Å². The molecule has 3 rings (SSSR count). The van der Waals surface area contributed by atoms with Gasteiger partial charge in [-0.05, 0) is 50.2 Å². The van der Waals surface area contributed by atoms with Crippen LogP contribution >= 0.6 is 0 Å². The molecule has 5 nitrogen and oxygen atoms in total. The van der Waals surface area contributed by atoms with Crippen LogP contribution in [0.2, 0.25) is 0 Å². The van der Waals surface area contributed by atoms with Crippen molar-refractivity contribution in [3.63, 3.8) is 0 Å². The maximum Gasteiger partial charge on any atom is 0.287 e. The topological polar surface area (TPSA) is 75.6 Å². The summed E-state index contributed by atoms with van der Waals surface area (Å²) in [7, 11) is 0. The second-order valence-electron chi connectivity index (χ2n) is 6.01. The summed E-state index contributed by atoms with van der Waals surface area (Å²) in [5.41, 5.74) is -1.08. The number of furan rings is 2. The van der Waals surface area contributed by atoms with Crippen LogP contribution in [0.3, 0.4) is 0 Å². The van der Waals surface area contributed by atoms with Crippen LogP contribution in [0.1, 0.15) is 29.0 Å². The molecule has 0 fully saturated rings. The van der Waals surface area contributed by atoms with Crippen LogP contribution in [-0.4, -0.2) is 17.6 Å². The third kappa shape index (κ3) is 3.64. The number of hydrogen-bond acceptors (Lipinski definition) is 4. The van der Waals surface area contributed by atoms with Crippen molar-refractivity contribution in [3.8, 4) is 11.3 Å². The van der Waals surface area contributed by atoms with Gasteiger partial charge in [0.15, 0.2) is 5.76 Å². The fourth-order valence-corrected chi connectivity index (χ4v) is 2.42. The first-order valence-electron chi connectivity index (χ1n) is 7.79. The number of carbonyl (C=O) groups is 1. The number of rotatable bonds is 5. The highest BCUT2D eigenvalue weighted by Gasteiger charge is 2.28. The number of benzene rings is 1. The van der Waals surface area contributed by atoms with Crippen LogP contribution in [0.4, 0.5) is 4.39 Å². The lowest BCUT2D eigenvalue weighted by molar-refractivity contribution is 0.0319. The SMILES string of the molecule is Cc1ccc(C(C)(O)CNC(=O)c2ccc(-c3ccccc3F)o2)o1. The molecule has 2 heterocycles. The van der Waals surface area contributed by atoms with E-state index in [1.165, 1.54) is 18.2 Å². The summed E-state index contributed by atoms with van der Waals surface area (Å²) < 4.78 is 24.6. The average Bonchev–Trinajstić information content (AvgIpc) is 3.23. The number of aliphatic hydroxyl groups is 1. The third-order valence-corrected chi connectivity index (χ3v) is 3.83. The Bertz CT molecular complexity index is 894. The standard InChI is InChI=1S/C19H18FNO4/c1-12-7-10-17(24-12)19(2,23)11-21-18(22)16-9-8-15(25-16)13-5-3-4-6-14(13)20/h3-10,23H,11H2,1-2H3,(H,21,22). The first-order chi connectivity index (χ1) is 11.9. The van der Waals surface area contributed by atoms with Gasteiger partial charge in [-0.1, -0.05) is 12.1 Å². The summed E-state index contributed by atoms with van der Waals surface area (Å²) in [4.78, 5) is 12.2. The van der Waals surface area contributed by atoms with Crippen molar-refractivity contribution in [1.29, 1.82) is 0 Å². The molecule has 1 amide bonds. The van der Waals surface area contributed by atoms with E-state index < -0.39 is 17.3 Å². The van der Waals surface area contributed by atoms with E-state index in [1.54, 1.807) is 44.2 Å². The lowest BCUT2D eigenvalue weighted by Crippen LogP contribution is -2.38. The van der Waals surface area contributed by atoms with Crippen molar-refractivity contribution in [3.05, 3.63) is 71.6 Å². The number of hydrogen-bond donors (Lipinski definition) is 2. The molecule has 1 atom stereocenters. The fraction of sp³-hybridized carbons (Fsp3) is 0.211. The quantitative estimate of drug-likeness (QED) is 0.742. The normalized spacial score (nSPS) is 13.4. The van der Waals surface area contributed by atoms with E-state index in [0.717, 1.165) is 0 Å². The van der Waals surface area contributed by atoms with Gasteiger partial charge in [0.2, 0.25) is 0 Å². The first-order valence-corrected chi connectivity index (χ1v) is 7.79. The van der Waals surface area contributed by atoms with Gasteiger partial charge in [-0.3, -0.25) is 4.79 Å². The van der Waals surface area contributed by atoms with E-state index in [1.807, 2.05) is 0 Å². The number of nitrogens with one attached hydrogen (secondary N) is 1. The minimum Gasteiger partial charge on any atom is -0.463 e. The van der Waals surface area contributed by atoms with Crippen LogP contribution in [0, 0.1) is 12.7 Å². The van der Waals surface area contributed by atoms with E-state index >= 15 is 0 Å². The highest BCUT2D eigenvalue weighted by atomic mass is 19.1. The molecular weight excluding hydrogens is 325 g/mol. The van der Waals surface area contributed by atoms with Gasteiger partial charge in [0.05, 0.1) is 12.1 Å². The molecule has 3 aromatic rings. The summed E-state index contributed by atoms with van der Waals surface area (Å²) in [5, 5.41) is 13.0. The summed E-state index contributed by atoms with van der Waals surface area (Å²) >= 11 is 0. The molecule has 130 valence electrons. The maximum atomic E-state index is 13.8. The molecule has 0 saturated heterocycles. The zero-order valence-corrected chi connectivity index (χ0v) is 13.9. The lowest BCUT2D eigenvalue weighted by atomic mass is 10.0. The summed E-state index contributed by atoms with van der Waals surface area (Å²) in [6.07, 6.45) is 0. The van der Waals surface area contributed by atoms with Gasteiger partial charge in [-0.25, -0.2) is 4.39 Å². The van der Waals surface area contributed by atoms with Gasteiger partial charge in [-0.15, -0.1) is 0 Å². The molecule has 0 aliphatic rings. The van der Waals surface area contributed by atoms with Crippen molar-refractivity contribution >= 4 is 5.91 Å². The molecule has 1 unspecified atom stereocenters. The number of aryl methyl sites for hydroxylation is 1. The Labute approximate surface area is 144 Å². The summed E-state index contributed by atoms with van der Waals surface area (Å²) in [6.45, 7) is 3.25. The number of halogens is 1. The summed E-state index contributed by atoms with van der Waals surface area (Å²) in [6, 6.07) is 12.5. The third-order valence-electron chi connectivity index (χ3n) is 3.83. The molecule has 0 radical (unpaired) electrons. The van der Waals surface area contributed by atoms with Crippen LogP contribution in [0.15, 0.2) is 57.4 Å². The molecule has 0 bridgehead atoms. The second kappa shape index (κ2) is 6.57. The Morgan fingerprint density at radius 2 is 1.92 bits per heavy atom. The minimum absolute atomic E-state index is 0.0321. The fourth-order valence-electron chi connectivity index (χ4n) is 2.42. The molecule has 1 aromatic carbocycles. The highest BCUT2D eigenvalue weighted by Crippen LogP contribution is 2.25. The smallest absolute Gasteiger partial charge is 0.287 e. The molecule has 0 saturated carbocycles. The van der Waals surface area contributed by atoms with Crippen molar-refractivity contribution < 1.29 is 23.1 Å². The molecular formula is C19H18FNO4. The molecule has 25 heavy (non-hydrogen) atoms. The van der Waals surface area contributed by atoms with E-state index in [0.29, 0.717) is 11.5 Å². The van der Waals surface area contributed by atoms with E-state index in [9.17, 15) is 14.3 Å². The largest absolute Gasteiger partial charge is 0.463 e. The first kappa shape index (κ1) is 17.0. The van der Waals surface area contributed by atoms with E-state index in [-0.39, 0.29) is 23.6 Å². The van der Waals surface area contributed by atoms with Crippen LogP contribution in [-0.2, 0) is 5.60 Å². The predicted molar refractivity (Wildman–Crippen MR) is 89.5 cm³/mol. The van der Waals surface area contributed by atoms with Gasteiger partial charge >= 0.3 is 0 Å². The Hall–Kier alpha value is -2.86. The minimum atomic E-state index is -1.36. The highest BCUT2D eigenvalue weighted by molar-refractivity contribution is 5.92. The zero-order chi connectivity index (χ0) is 18.0. The van der Waals surface area contributed by atoms with E-state index in [4.69, 9.17) is 8.83 Å². The molecule has 2 N–H and O–H groups in total. The number of carbonyl (C=O) groups excluding carboxylic acids is 1. The second-order valence-corrected chi connectivity index (χ2v) is 6.01.